The molecule has 0 atom stereocenters. The van der Waals surface area contributed by atoms with E-state index in [-0.39, 0.29) is 0 Å². The SMILES string of the molecule is Cc1nc(Cc2nc(NN)cc(-c3ccccc3)n2)cs1. The highest BCUT2D eigenvalue weighted by Gasteiger charge is 2.08. The summed E-state index contributed by atoms with van der Waals surface area (Å²) in [5.41, 5.74) is 5.46. The van der Waals surface area contributed by atoms with E-state index in [1.165, 1.54) is 0 Å². The van der Waals surface area contributed by atoms with Crippen molar-refractivity contribution in [2.75, 3.05) is 5.43 Å². The number of hydrazine groups is 1. The van der Waals surface area contributed by atoms with Gasteiger partial charge in [0.1, 0.15) is 11.6 Å². The standard InChI is InChI=1S/C15H15N5S/c1-10-17-12(9-21-10)7-14-18-13(8-15(19-14)20-16)11-5-3-2-4-6-11/h2-6,8-9H,7,16H2,1H3,(H,18,19,20). The summed E-state index contributed by atoms with van der Waals surface area (Å²) in [4.78, 5) is 13.5. The van der Waals surface area contributed by atoms with Gasteiger partial charge < -0.3 is 5.43 Å². The number of nitrogens with zero attached hydrogens (tertiary/aromatic N) is 3. The molecule has 0 saturated heterocycles. The number of nitrogens with one attached hydrogen (secondary N) is 1. The third-order valence-corrected chi connectivity index (χ3v) is 3.82. The Hall–Kier alpha value is -2.31. The Balaban J connectivity index is 1.97. The number of nitrogen functional groups attached to an aromatic ring is 1. The van der Waals surface area contributed by atoms with Crippen LogP contribution in [0.4, 0.5) is 5.82 Å². The van der Waals surface area contributed by atoms with Gasteiger partial charge in [-0.15, -0.1) is 11.3 Å². The second-order valence-electron chi connectivity index (χ2n) is 4.60. The van der Waals surface area contributed by atoms with Crippen LogP contribution in [0.5, 0.6) is 0 Å². The molecule has 106 valence electrons. The number of hydrogen-bond acceptors (Lipinski definition) is 6. The highest BCUT2D eigenvalue weighted by atomic mass is 32.1. The molecule has 0 aliphatic rings. The first-order valence-corrected chi connectivity index (χ1v) is 7.43. The van der Waals surface area contributed by atoms with Crippen molar-refractivity contribution in [3.63, 3.8) is 0 Å². The summed E-state index contributed by atoms with van der Waals surface area (Å²) in [6, 6.07) is 11.8. The molecule has 3 rings (SSSR count). The number of hydrogen-bond donors (Lipinski definition) is 2. The van der Waals surface area contributed by atoms with Crippen molar-refractivity contribution in [1.82, 2.24) is 15.0 Å². The first-order valence-electron chi connectivity index (χ1n) is 6.55. The molecule has 0 spiro atoms. The van der Waals surface area contributed by atoms with Crippen molar-refractivity contribution < 1.29 is 0 Å². The Morgan fingerprint density at radius 3 is 2.62 bits per heavy atom. The fraction of sp³-hybridized carbons (Fsp3) is 0.133. The molecule has 3 aromatic rings. The average molecular weight is 297 g/mol. The summed E-state index contributed by atoms with van der Waals surface area (Å²) in [6.07, 6.45) is 0.597. The zero-order valence-corrected chi connectivity index (χ0v) is 12.4. The molecule has 0 saturated carbocycles. The van der Waals surface area contributed by atoms with E-state index >= 15 is 0 Å². The summed E-state index contributed by atoms with van der Waals surface area (Å²) >= 11 is 1.63. The minimum absolute atomic E-state index is 0.597. The second kappa shape index (κ2) is 5.99. The van der Waals surface area contributed by atoms with Crippen LogP contribution >= 0.6 is 11.3 Å². The topological polar surface area (TPSA) is 76.7 Å². The highest BCUT2D eigenvalue weighted by Crippen LogP contribution is 2.20. The number of benzene rings is 1. The third-order valence-electron chi connectivity index (χ3n) is 3.00. The number of anilines is 1. The van der Waals surface area contributed by atoms with E-state index in [9.17, 15) is 0 Å². The van der Waals surface area contributed by atoms with Gasteiger partial charge in [-0.05, 0) is 6.92 Å². The van der Waals surface area contributed by atoms with Gasteiger partial charge in [-0.3, -0.25) is 0 Å². The van der Waals surface area contributed by atoms with Crippen LogP contribution in [0.1, 0.15) is 16.5 Å². The smallest absolute Gasteiger partial charge is 0.144 e. The van der Waals surface area contributed by atoms with Gasteiger partial charge in [-0.2, -0.15) is 0 Å². The zero-order valence-electron chi connectivity index (χ0n) is 11.6. The first kappa shape index (κ1) is 13.7. The number of rotatable bonds is 4. The second-order valence-corrected chi connectivity index (χ2v) is 5.66. The van der Waals surface area contributed by atoms with Gasteiger partial charge >= 0.3 is 0 Å². The van der Waals surface area contributed by atoms with Gasteiger partial charge in [0.25, 0.3) is 0 Å². The van der Waals surface area contributed by atoms with Crippen molar-refractivity contribution in [3.05, 3.63) is 58.3 Å². The van der Waals surface area contributed by atoms with Crippen LogP contribution in [0.2, 0.25) is 0 Å². The van der Waals surface area contributed by atoms with E-state index in [0.717, 1.165) is 22.0 Å². The van der Waals surface area contributed by atoms with Gasteiger partial charge in [-0.25, -0.2) is 20.8 Å². The minimum atomic E-state index is 0.597. The van der Waals surface area contributed by atoms with E-state index < -0.39 is 0 Å². The lowest BCUT2D eigenvalue weighted by Gasteiger charge is -2.07. The quantitative estimate of drug-likeness (QED) is 0.572. The lowest BCUT2D eigenvalue weighted by Crippen LogP contribution is -2.11. The predicted molar refractivity (Wildman–Crippen MR) is 84.9 cm³/mol. The molecule has 21 heavy (non-hydrogen) atoms. The van der Waals surface area contributed by atoms with Crippen molar-refractivity contribution >= 4 is 17.2 Å². The zero-order chi connectivity index (χ0) is 14.7. The summed E-state index contributed by atoms with van der Waals surface area (Å²) in [5.74, 6) is 6.82. The molecule has 1 aromatic carbocycles. The van der Waals surface area contributed by atoms with Gasteiger partial charge in [0.2, 0.25) is 0 Å². The fourth-order valence-corrected chi connectivity index (χ4v) is 2.67. The molecule has 5 nitrogen and oxygen atoms in total. The Morgan fingerprint density at radius 1 is 1.14 bits per heavy atom. The maximum Gasteiger partial charge on any atom is 0.144 e. The lowest BCUT2D eigenvalue weighted by atomic mass is 10.1. The van der Waals surface area contributed by atoms with Crippen LogP contribution in [0.15, 0.2) is 41.8 Å². The summed E-state index contributed by atoms with van der Waals surface area (Å²) < 4.78 is 0. The van der Waals surface area contributed by atoms with Crippen LogP contribution in [0.3, 0.4) is 0 Å². The summed E-state index contributed by atoms with van der Waals surface area (Å²) in [7, 11) is 0. The van der Waals surface area contributed by atoms with Crippen LogP contribution in [0.25, 0.3) is 11.3 Å². The lowest BCUT2D eigenvalue weighted by molar-refractivity contribution is 0.942. The number of aromatic nitrogens is 3. The van der Waals surface area contributed by atoms with Crippen molar-refractivity contribution in [3.8, 4) is 11.3 Å². The van der Waals surface area contributed by atoms with Crippen LogP contribution in [-0.4, -0.2) is 15.0 Å². The molecule has 0 fully saturated rings. The molecule has 6 heteroatoms. The number of nitrogens with two attached hydrogens (primary N) is 1. The molecule has 3 N–H and O–H groups in total. The number of thiazole rings is 1. The van der Waals surface area contributed by atoms with E-state index in [4.69, 9.17) is 5.84 Å². The molecule has 0 aliphatic carbocycles. The summed E-state index contributed by atoms with van der Waals surface area (Å²) in [5, 5.41) is 3.07. The molecule has 2 heterocycles. The van der Waals surface area contributed by atoms with Gasteiger partial charge in [-0.1, -0.05) is 30.3 Å². The van der Waals surface area contributed by atoms with Crippen LogP contribution in [-0.2, 0) is 6.42 Å². The average Bonchev–Trinajstić information content (AvgIpc) is 2.93. The Labute approximate surface area is 126 Å². The van der Waals surface area contributed by atoms with E-state index in [2.05, 4.69) is 20.4 Å². The first-order chi connectivity index (χ1) is 10.2. The van der Waals surface area contributed by atoms with E-state index in [1.807, 2.05) is 48.7 Å². The Bertz CT molecular complexity index is 739. The monoisotopic (exact) mass is 297 g/mol. The molecular formula is C15H15N5S. The maximum atomic E-state index is 5.51. The molecule has 0 unspecified atom stereocenters. The molecule has 0 bridgehead atoms. The van der Waals surface area contributed by atoms with Crippen LogP contribution < -0.4 is 11.3 Å². The molecule has 2 aromatic heterocycles. The fourth-order valence-electron chi connectivity index (χ4n) is 2.06. The molecular weight excluding hydrogens is 282 g/mol. The van der Waals surface area contributed by atoms with Crippen LogP contribution in [0, 0.1) is 6.92 Å². The largest absolute Gasteiger partial charge is 0.308 e. The van der Waals surface area contributed by atoms with Crippen molar-refractivity contribution in [2.24, 2.45) is 5.84 Å². The molecule has 0 aliphatic heterocycles. The number of aryl methyl sites for hydroxylation is 1. The van der Waals surface area contributed by atoms with Gasteiger partial charge in [0.05, 0.1) is 22.8 Å². The molecule has 0 amide bonds. The van der Waals surface area contributed by atoms with E-state index in [0.29, 0.717) is 18.1 Å². The normalized spacial score (nSPS) is 10.6. The molecule has 0 radical (unpaired) electrons. The maximum absolute atomic E-state index is 5.51. The van der Waals surface area contributed by atoms with Crippen molar-refractivity contribution in [2.45, 2.75) is 13.3 Å². The van der Waals surface area contributed by atoms with Gasteiger partial charge in [0, 0.05) is 17.0 Å². The Kier molecular flexibility index (Phi) is 3.89. The van der Waals surface area contributed by atoms with Gasteiger partial charge in [0.15, 0.2) is 0 Å². The van der Waals surface area contributed by atoms with Crippen molar-refractivity contribution in [1.29, 1.82) is 0 Å². The predicted octanol–water partition coefficient (Wildman–Crippen LogP) is 2.78. The Morgan fingerprint density at radius 2 is 1.95 bits per heavy atom. The summed E-state index contributed by atoms with van der Waals surface area (Å²) in [6.45, 7) is 1.99. The van der Waals surface area contributed by atoms with E-state index in [1.54, 1.807) is 11.3 Å². The highest BCUT2D eigenvalue weighted by molar-refractivity contribution is 7.09. The third kappa shape index (κ3) is 3.24. The minimum Gasteiger partial charge on any atom is -0.308 e.